The summed E-state index contributed by atoms with van der Waals surface area (Å²) in [5.74, 6) is 1.30. The summed E-state index contributed by atoms with van der Waals surface area (Å²) in [4.78, 5) is 4.80. The molecule has 0 aliphatic heterocycles. The van der Waals surface area contributed by atoms with Gasteiger partial charge >= 0.3 is 0 Å². The Kier molecular flexibility index (Phi) is 3.41. The molecule has 108 valence electrons. The second-order valence-electron chi connectivity index (χ2n) is 5.34. The topological polar surface area (TPSA) is 66.0 Å². The van der Waals surface area contributed by atoms with E-state index in [1.807, 2.05) is 14.0 Å². The number of methoxy groups -OCH3 is 1. The van der Waals surface area contributed by atoms with Crippen molar-refractivity contribution in [3.63, 3.8) is 0 Å². The number of hydrogen-bond acceptors (Lipinski definition) is 5. The molecule has 0 saturated heterocycles. The van der Waals surface area contributed by atoms with E-state index < -0.39 is 0 Å². The average Bonchev–Trinajstić information content (AvgIpc) is 3.08. The number of nitrogen functional groups attached to an aromatic ring is 1. The first-order chi connectivity index (χ1) is 9.61. The molecule has 2 N–H and O–H groups in total. The van der Waals surface area contributed by atoms with Crippen molar-refractivity contribution in [3.05, 3.63) is 10.7 Å². The van der Waals surface area contributed by atoms with E-state index in [-0.39, 0.29) is 0 Å². The number of nitrogens with two attached hydrogens (primary N) is 1. The molecule has 0 radical (unpaired) electrons. The van der Waals surface area contributed by atoms with Gasteiger partial charge in [-0.25, -0.2) is 9.67 Å². The zero-order valence-electron chi connectivity index (χ0n) is 12.1. The van der Waals surface area contributed by atoms with Gasteiger partial charge in [0.25, 0.3) is 0 Å². The number of thiazole rings is 1. The summed E-state index contributed by atoms with van der Waals surface area (Å²) < 4.78 is 7.19. The van der Waals surface area contributed by atoms with Crippen LogP contribution in [0, 0.1) is 6.92 Å². The Labute approximate surface area is 122 Å². The molecular weight excluding hydrogens is 272 g/mol. The minimum atomic E-state index is 0.582. The van der Waals surface area contributed by atoms with Crippen LogP contribution in [0.15, 0.2) is 0 Å². The number of nitrogens with zero attached hydrogens (tertiary/aromatic N) is 3. The first-order valence-electron chi connectivity index (χ1n) is 6.96. The second kappa shape index (κ2) is 5.09. The van der Waals surface area contributed by atoms with Crippen molar-refractivity contribution in [1.29, 1.82) is 0 Å². The normalized spacial score (nSPS) is 15.9. The Morgan fingerprint density at radius 1 is 1.35 bits per heavy atom. The first-order valence-corrected chi connectivity index (χ1v) is 7.77. The van der Waals surface area contributed by atoms with Gasteiger partial charge in [-0.05, 0) is 19.8 Å². The molecule has 0 aromatic carbocycles. The Balaban J connectivity index is 2.06. The monoisotopic (exact) mass is 292 g/mol. The van der Waals surface area contributed by atoms with Crippen LogP contribution in [0.1, 0.15) is 42.3 Å². The van der Waals surface area contributed by atoms with Gasteiger partial charge in [0, 0.05) is 13.0 Å². The fourth-order valence-electron chi connectivity index (χ4n) is 3.02. The Hall–Kier alpha value is -1.56. The van der Waals surface area contributed by atoms with Crippen LogP contribution in [0.2, 0.25) is 0 Å². The molecule has 5 nitrogen and oxygen atoms in total. The predicted octanol–water partition coefficient (Wildman–Crippen LogP) is 3.10. The standard InChI is InChI=1S/C14H20N4OS/c1-8-10(14(19-3)18(2)17-8)11-12(15)20-13(16-11)9-6-4-5-7-9/h9H,4-7,15H2,1-3H3. The third-order valence-electron chi connectivity index (χ3n) is 3.97. The highest BCUT2D eigenvalue weighted by molar-refractivity contribution is 7.16. The van der Waals surface area contributed by atoms with E-state index in [0.717, 1.165) is 27.8 Å². The molecule has 1 aliphatic rings. The summed E-state index contributed by atoms with van der Waals surface area (Å²) >= 11 is 1.62. The van der Waals surface area contributed by atoms with Gasteiger partial charge < -0.3 is 10.5 Å². The van der Waals surface area contributed by atoms with Crippen molar-refractivity contribution in [2.45, 2.75) is 38.5 Å². The van der Waals surface area contributed by atoms with Gasteiger partial charge in [-0.1, -0.05) is 12.8 Å². The summed E-state index contributed by atoms with van der Waals surface area (Å²) in [5.41, 5.74) is 8.87. The fourth-order valence-corrected chi connectivity index (χ4v) is 4.03. The molecule has 3 rings (SSSR count). The minimum Gasteiger partial charge on any atom is -0.481 e. The average molecular weight is 292 g/mol. The molecule has 1 aliphatic carbocycles. The van der Waals surface area contributed by atoms with E-state index in [1.165, 1.54) is 30.7 Å². The van der Waals surface area contributed by atoms with Crippen molar-refractivity contribution in [3.8, 4) is 17.1 Å². The molecule has 0 atom stereocenters. The number of aryl methyl sites for hydroxylation is 2. The van der Waals surface area contributed by atoms with Gasteiger partial charge in [0.15, 0.2) is 0 Å². The van der Waals surface area contributed by atoms with Crippen LogP contribution in [0.4, 0.5) is 5.00 Å². The van der Waals surface area contributed by atoms with Gasteiger partial charge in [0.05, 0.1) is 23.4 Å². The van der Waals surface area contributed by atoms with Gasteiger partial charge in [-0.3, -0.25) is 0 Å². The Morgan fingerprint density at radius 3 is 2.70 bits per heavy atom. The number of hydrogen-bond donors (Lipinski definition) is 1. The van der Waals surface area contributed by atoms with E-state index in [4.69, 9.17) is 15.5 Å². The fraction of sp³-hybridized carbons (Fsp3) is 0.571. The van der Waals surface area contributed by atoms with Crippen molar-refractivity contribution in [2.24, 2.45) is 7.05 Å². The van der Waals surface area contributed by atoms with Crippen LogP contribution in [0.25, 0.3) is 11.3 Å². The van der Waals surface area contributed by atoms with E-state index in [2.05, 4.69) is 5.10 Å². The highest BCUT2D eigenvalue weighted by Crippen LogP contribution is 2.43. The molecule has 2 aromatic heterocycles. The molecule has 20 heavy (non-hydrogen) atoms. The largest absolute Gasteiger partial charge is 0.481 e. The van der Waals surface area contributed by atoms with Crippen molar-refractivity contribution < 1.29 is 4.74 Å². The summed E-state index contributed by atoms with van der Waals surface area (Å²) in [5, 5.41) is 6.34. The highest BCUT2D eigenvalue weighted by Gasteiger charge is 2.26. The van der Waals surface area contributed by atoms with Crippen molar-refractivity contribution >= 4 is 16.3 Å². The van der Waals surface area contributed by atoms with Gasteiger partial charge in [0.1, 0.15) is 10.7 Å². The lowest BCUT2D eigenvalue weighted by atomic mass is 10.1. The molecule has 0 unspecified atom stereocenters. The molecule has 1 fully saturated rings. The summed E-state index contributed by atoms with van der Waals surface area (Å²) in [7, 11) is 3.52. The zero-order valence-corrected chi connectivity index (χ0v) is 13.0. The lowest BCUT2D eigenvalue weighted by molar-refractivity contribution is 0.374. The summed E-state index contributed by atoms with van der Waals surface area (Å²) in [6.45, 7) is 1.96. The van der Waals surface area contributed by atoms with Crippen LogP contribution in [-0.2, 0) is 7.05 Å². The Morgan fingerprint density at radius 2 is 2.05 bits per heavy atom. The molecule has 6 heteroatoms. The number of ether oxygens (including phenoxy) is 1. The third-order valence-corrected chi connectivity index (χ3v) is 5.02. The van der Waals surface area contributed by atoms with Gasteiger partial charge in [0.2, 0.25) is 5.88 Å². The van der Waals surface area contributed by atoms with Crippen LogP contribution in [0.5, 0.6) is 5.88 Å². The third kappa shape index (κ3) is 2.08. The lowest BCUT2D eigenvalue weighted by Crippen LogP contribution is -1.96. The molecule has 2 heterocycles. The number of rotatable bonds is 3. The summed E-state index contributed by atoms with van der Waals surface area (Å²) in [6.07, 6.45) is 5.06. The van der Waals surface area contributed by atoms with E-state index in [1.54, 1.807) is 23.1 Å². The van der Waals surface area contributed by atoms with Gasteiger partial charge in [-0.2, -0.15) is 5.10 Å². The maximum Gasteiger partial charge on any atom is 0.221 e. The van der Waals surface area contributed by atoms with E-state index in [0.29, 0.717) is 5.92 Å². The lowest BCUT2D eigenvalue weighted by Gasteiger charge is -2.04. The van der Waals surface area contributed by atoms with Crippen molar-refractivity contribution in [1.82, 2.24) is 14.8 Å². The second-order valence-corrected chi connectivity index (χ2v) is 6.40. The molecule has 2 aromatic rings. The van der Waals surface area contributed by atoms with Crippen molar-refractivity contribution in [2.75, 3.05) is 12.8 Å². The molecular formula is C14H20N4OS. The molecule has 0 bridgehead atoms. The number of aromatic nitrogens is 3. The van der Waals surface area contributed by atoms with Crippen LogP contribution < -0.4 is 10.5 Å². The molecule has 1 saturated carbocycles. The number of anilines is 1. The SMILES string of the molecule is COc1c(-c2nc(C3CCCC3)sc2N)c(C)nn1C. The van der Waals surface area contributed by atoms with Crippen LogP contribution in [-0.4, -0.2) is 21.9 Å². The maximum absolute atomic E-state index is 6.21. The quantitative estimate of drug-likeness (QED) is 0.944. The van der Waals surface area contributed by atoms with Crippen LogP contribution >= 0.6 is 11.3 Å². The van der Waals surface area contributed by atoms with Crippen LogP contribution in [0.3, 0.4) is 0 Å². The smallest absolute Gasteiger partial charge is 0.221 e. The predicted molar refractivity (Wildman–Crippen MR) is 81.2 cm³/mol. The van der Waals surface area contributed by atoms with E-state index in [9.17, 15) is 0 Å². The highest BCUT2D eigenvalue weighted by atomic mass is 32.1. The molecule has 0 spiro atoms. The summed E-state index contributed by atoms with van der Waals surface area (Å²) in [6, 6.07) is 0. The maximum atomic E-state index is 6.21. The van der Waals surface area contributed by atoms with E-state index >= 15 is 0 Å². The molecule has 0 amide bonds. The zero-order chi connectivity index (χ0) is 14.3. The Bertz CT molecular complexity index is 625. The minimum absolute atomic E-state index is 0.582. The van der Waals surface area contributed by atoms with Gasteiger partial charge in [-0.15, -0.1) is 11.3 Å². The first kappa shape index (κ1) is 13.4.